The van der Waals surface area contributed by atoms with E-state index in [1.54, 1.807) is 23.0 Å². The van der Waals surface area contributed by atoms with Gasteiger partial charge in [-0.15, -0.1) is 0 Å². The van der Waals surface area contributed by atoms with Gasteiger partial charge in [-0.1, -0.05) is 28.1 Å². The van der Waals surface area contributed by atoms with Crippen molar-refractivity contribution in [2.75, 3.05) is 25.6 Å². The molecule has 2 N–H and O–H groups in total. The van der Waals surface area contributed by atoms with E-state index in [1.165, 1.54) is 7.11 Å². The maximum atomic E-state index is 12.1. The van der Waals surface area contributed by atoms with E-state index in [0.717, 1.165) is 17.3 Å². The molecule has 7 nitrogen and oxygen atoms in total. The van der Waals surface area contributed by atoms with Gasteiger partial charge in [-0.25, -0.2) is 4.79 Å². The third-order valence-corrected chi connectivity index (χ3v) is 4.63. The number of hydrogen-bond donors (Lipinski definition) is 2. The number of carbonyl (C=O) groups is 1. The predicted octanol–water partition coefficient (Wildman–Crippen LogP) is 2.89. The molecular formula is C17H20BrN3O4. The highest BCUT2D eigenvalue weighted by molar-refractivity contribution is 9.10. The number of rotatable bonds is 5. The third-order valence-electron chi connectivity index (χ3n) is 4.13. The molecule has 134 valence electrons. The summed E-state index contributed by atoms with van der Waals surface area (Å²) in [5.41, 5.74) is 1.26. The molecule has 2 aromatic rings. The van der Waals surface area contributed by atoms with Crippen molar-refractivity contribution in [3.63, 3.8) is 0 Å². The number of halogens is 1. The van der Waals surface area contributed by atoms with E-state index in [9.17, 15) is 9.90 Å². The van der Waals surface area contributed by atoms with Crippen LogP contribution in [0.1, 0.15) is 41.2 Å². The Morgan fingerprint density at radius 2 is 2.24 bits per heavy atom. The molecule has 0 aliphatic carbocycles. The number of benzene rings is 1. The Morgan fingerprint density at radius 1 is 1.48 bits per heavy atom. The standard InChI is InChI=1S/C17H20BrN3O4/c1-24-17(23)15-14(10-21(20-15)13-5-7-25-8-6-13)19-16(22)11-3-2-4-12(18)9-11/h2-4,9-10,13,16,19,22H,5-8H2,1H3. The molecule has 8 heteroatoms. The molecular weight excluding hydrogens is 390 g/mol. The van der Waals surface area contributed by atoms with Gasteiger partial charge in [0, 0.05) is 29.4 Å². The van der Waals surface area contributed by atoms with Gasteiger partial charge < -0.3 is 19.9 Å². The number of aliphatic hydroxyl groups excluding tert-OH is 1. The van der Waals surface area contributed by atoms with Crippen molar-refractivity contribution in [1.82, 2.24) is 9.78 Å². The lowest BCUT2D eigenvalue weighted by molar-refractivity contribution is 0.0583. The van der Waals surface area contributed by atoms with Gasteiger partial charge >= 0.3 is 5.97 Å². The van der Waals surface area contributed by atoms with Gasteiger partial charge in [0.2, 0.25) is 0 Å². The molecule has 1 saturated heterocycles. The topological polar surface area (TPSA) is 85.6 Å². The largest absolute Gasteiger partial charge is 0.464 e. The molecule has 1 aliphatic heterocycles. The fourth-order valence-electron chi connectivity index (χ4n) is 2.79. The van der Waals surface area contributed by atoms with Crippen LogP contribution in [0.5, 0.6) is 0 Å². The van der Waals surface area contributed by atoms with Crippen LogP contribution in [0.25, 0.3) is 0 Å². The Labute approximate surface area is 154 Å². The number of carbonyl (C=O) groups excluding carboxylic acids is 1. The lowest BCUT2D eigenvalue weighted by atomic mass is 10.1. The van der Waals surface area contributed by atoms with E-state index in [1.807, 2.05) is 12.1 Å². The van der Waals surface area contributed by atoms with E-state index in [-0.39, 0.29) is 11.7 Å². The summed E-state index contributed by atoms with van der Waals surface area (Å²) in [6.07, 6.45) is 2.42. The Balaban J connectivity index is 1.85. The highest BCUT2D eigenvalue weighted by Gasteiger charge is 2.24. The molecule has 1 aromatic carbocycles. The van der Waals surface area contributed by atoms with E-state index in [2.05, 4.69) is 26.3 Å². The molecule has 0 spiro atoms. The number of aliphatic hydroxyl groups is 1. The predicted molar refractivity (Wildman–Crippen MR) is 95.4 cm³/mol. The number of nitrogens with zero attached hydrogens (tertiary/aromatic N) is 2. The maximum absolute atomic E-state index is 12.1. The van der Waals surface area contributed by atoms with Crippen LogP contribution in [-0.2, 0) is 9.47 Å². The zero-order chi connectivity index (χ0) is 17.8. The highest BCUT2D eigenvalue weighted by Crippen LogP contribution is 2.27. The van der Waals surface area contributed by atoms with Crippen LogP contribution in [0, 0.1) is 0 Å². The van der Waals surface area contributed by atoms with E-state index in [0.29, 0.717) is 24.5 Å². The number of hydrogen-bond acceptors (Lipinski definition) is 6. The number of nitrogens with one attached hydrogen (secondary N) is 1. The average molecular weight is 410 g/mol. The summed E-state index contributed by atoms with van der Waals surface area (Å²) in [6.45, 7) is 1.34. The molecule has 1 unspecified atom stereocenters. The molecule has 0 bridgehead atoms. The number of anilines is 1. The summed E-state index contributed by atoms with van der Waals surface area (Å²) >= 11 is 3.38. The Hall–Kier alpha value is -1.90. The molecule has 1 atom stereocenters. The molecule has 0 radical (unpaired) electrons. The Morgan fingerprint density at radius 3 is 2.92 bits per heavy atom. The van der Waals surface area contributed by atoms with Crippen molar-refractivity contribution in [2.45, 2.75) is 25.1 Å². The van der Waals surface area contributed by atoms with Crippen molar-refractivity contribution in [1.29, 1.82) is 0 Å². The van der Waals surface area contributed by atoms with Gasteiger partial charge in [0.25, 0.3) is 0 Å². The van der Waals surface area contributed by atoms with Crippen molar-refractivity contribution in [3.05, 3.63) is 46.2 Å². The highest BCUT2D eigenvalue weighted by atomic mass is 79.9. The van der Waals surface area contributed by atoms with Crippen molar-refractivity contribution < 1.29 is 19.4 Å². The Kier molecular flexibility index (Phi) is 5.72. The average Bonchev–Trinajstić information content (AvgIpc) is 3.05. The zero-order valence-electron chi connectivity index (χ0n) is 13.8. The second-order valence-corrected chi connectivity index (χ2v) is 6.72. The minimum Gasteiger partial charge on any atom is -0.464 e. The Bertz CT molecular complexity index is 743. The summed E-state index contributed by atoms with van der Waals surface area (Å²) < 4.78 is 12.8. The lowest BCUT2D eigenvalue weighted by Crippen LogP contribution is -2.20. The fraction of sp³-hybridized carbons (Fsp3) is 0.412. The first-order valence-corrected chi connectivity index (χ1v) is 8.83. The second-order valence-electron chi connectivity index (χ2n) is 5.81. The normalized spacial score (nSPS) is 16.4. The van der Waals surface area contributed by atoms with Crippen LogP contribution in [0.15, 0.2) is 34.9 Å². The van der Waals surface area contributed by atoms with Crippen LogP contribution < -0.4 is 5.32 Å². The van der Waals surface area contributed by atoms with E-state index in [4.69, 9.17) is 9.47 Å². The van der Waals surface area contributed by atoms with Crippen molar-refractivity contribution >= 4 is 27.6 Å². The van der Waals surface area contributed by atoms with Crippen molar-refractivity contribution in [2.24, 2.45) is 0 Å². The van der Waals surface area contributed by atoms with E-state index < -0.39 is 12.2 Å². The summed E-state index contributed by atoms with van der Waals surface area (Å²) in [7, 11) is 1.31. The number of ether oxygens (including phenoxy) is 2. The number of aromatic nitrogens is 2. The smallest absolute Gasteiger partial charge is 0.360 e. The SMILES string of the molecule is COC(=O)c1nn(C2CCOCC2)cc1NC(O)c1cccc(Br)c1. The van der Waals surface area contributed by atoms with E-state index >= 15 is 0 Å². The fourth-order valence-corrected chi connectivity index (χ4v) is 3.21. The first-order valence-electron chi connectivity index (χ1n) is 8.03. The summed E-state index contributed by atoms with van der Waals surface area (Å²) in [6, 6.07) is 7.47. The maximum Gasteiger partial charge on any atom is 0.360 e. The summed E-state index contributed by atoms with van der Waals surface area (Å²) in [4.78, 5) is 12.1. The van der Waals surface area contributed by atoms with Gasteiger partial charge in [0.05, 0.1) is 18.8 Å². The zero-order valence-corrected chi connectivity index (χ0v) is 15.4. The quantitative estimate of drug-likeness (QED) is 0.583. The first-order chi connectivity index (χ1) is 12.1. The van der Waals surface area contributed by atoms with Gasteiger partial charge in [-0.3, -0.25) is 4.68 Å². The minimum absolute atomic E-state index is 0.156. The molecule has 25 heavy (non-hydrogen) atoms. The van der Waals surface area contributed by atoms with Gasteiger partial charge in [0.15, 0.2) is 11.9 Å². The first kappa shape index (κ1) is 17.9. The second kappa shape index (κ2) is 7.99. The molecule has 3 rings (SSSR count). The van der Waals surface area contributed by atoms with Crippen LogP contribution in [0.2, 0.25) is 0 Å². The van der Waals surface area contributed by atoms with Gasteiger partial charge in [0.1, 0.15) is 0 Å². The number of esters is 1. The van der Waals surface area contributed by atoms with Gasteiger partial charge in [-0.05, 0) is 25.0 Å². The number of methoxy groups -OCH3 is 1. The summed E-state index contributed by atoms with van der Waals surface area (Å²) in [5.74, 6) is -0.547. The van der Waals surface area contributed by atoms with Crippen LogP contribution in [0.3, 0.4) is 0 Å². The third kappa shape index (κ3) is 4.20. The van der Waals surface area contributed by atoms with Crippen molar-refractivity contribution in [3.8, 4) is 0 Å². The summed E-state index contributed by atoms with van der Waals surface area (Å²) in [5, 5.41) is 17.8. The minimum atomic E-state index is -0.978. The monoisotopic (exact) mass is 409 g/mol. The van der Waals surface area contributed by atoms with Crippen LogP contribution >= 0.6 is 15.9 Å². The molecule has 0 amide bonds. The van der Waals surface area contributed by atoms with Crippen LogP contribution in [-0.4, -0.2) is 41.2 Å². The van der Waals surface area contributed by atoms with Gasteiger partial charge in [-0.2, -0.15) is 5.10 Å². The molecule has 1 aliphatic rings. The lowest BCUT2D eigenvalue weighted by Gasteiger charge is -2.22. The molecule has 2 heterocycles. The molecule has 1 aromatic heterocycles. The molecule has 1 fully saturated rings. The van der Waals surface area contributed by atoms with Crippen LogP contribution in [0.4, 0.5) is 5.69 Å². The molecule has 0 saturated carbocycles.